The minimum Gasteiger partial charge on any atom is -0.454 e. The molecule has 0 saturated heterocycles. The molecule has 8 heteroatoms. The van der Waals surface area contributed by atoms with Gasteiger partial charge >= 0.3 is 12.3 Å². The van der Waals surface area contributed by atoms with E-state index >= 15 is 0 Å². The highest BCUT2D eigenvalue weighted by Crippen LogP contribution is 2.31. The molecule has 0 aliphatic carbocycles. The van der Waals surface area contributed by atoms with Crippen molar-refractivity contribution in [2.24, 2.45) is 0 Å². The standard InChI is InChI=1S/C12H14F3NO4/c1-11(2,3)20-10(18)16-7(6-17)8-4-5-9(19-8)12(13,14)15/h4-7H,1-3H3,(H,16,18). The quantitative estimate of drug-likeness (QED) is 0.870. The van der Waals surface area contributed by atoms with Crippen molar-refractivity contribution in [2.75, 3.05) is 0 Å². The van der Waals surface area contributed by atoms with Crippen LogP contribution in [0.25, 0.3) is 0 Å². The molecule has 0 bridgehead atoms. The third kappa shape index (κ3) is 4.60. The summed E-state index contributed by atoms with van der Waals surface area (Å²) in [5.41, 5.74) is -0.794. The Hall–Kier alpha value is -1.99. The van der Waals surface area contributed by atoms with Crippen LogP contribution in [-0.2, 0) is 15.7 Å². The molecule has 0 aliphatic rings. The van der Waals surface area contributed by atoms with Crippen LogP contribution in [0.3, 0.4) is 0 Å². The Bertz CT molecular complexity index is 488. The summed E-state index contributed by atoms with van der Waals surface area (Å²) in [6, 6.07) is 0.308. The van der Waals surface area contributed by atoms with Gasteiger partial charge in [-0.15, -0.1) is 0 Å². The molecule has 1 aromatic heterocycles. The lowest BCUT2D eigenvalue weighted by Crippen LogP contribution is -2.35. The Morgan fingerprint density at radius 3 is 2.35 bits per heavy atom. The van der Waals surface area contributed by atoms with Crippen LogP contribution >= 0.6 is 0 Å². The molecular weight excluding hydrogens is 279 g/mol. The van der Waals surface area contributed by atoms with Gasteiger partial charge in [-0.2, -0.15) is 13.2 Å². The van der Waals surface area contributed by atoms with Gasteiger partial charge in [0.25, 0.3) is 0 Å². The van der Waals surface area contributed by atoms with Crippen molar-refractivity contribution in [1.29, 1.82) is 0 Å². The third-order valence-electron chi connectivity index (χ3n) is 2.02. The fourth-order valence-corrected chi connectivity index (χ4v) is 1.28. The smallest absolute Gasteiger partial charge is 0.449 e. The van der Waals surface area contributed by atoms with E-state index in [9.17, 15) is 22.8 Å². The first kappa shape index (κ1) is 16.1. The van der Waals surface area contributed by atoms with Gasteiger partial charge in [-0.25, -0.2) is 4.79 Å². The maximum absolute atomic E-state index is 12.4. The Balaban J connectivity index is 2.79. The first-order chi connectivity index (χ1) is 9.03. The zero-order valence-electron chi connectivity index (χ0n) is 11.1. The van der Waals surface area contributed by atoms with Crippen LogP contribution < -0.4 is 5.32 Å². The average Bonchev–Trinajstić information content (AvgIpc) is 2.71. The Morgan fingerprint density at radius 2 is 1.95 bits per heavy atom. The number of rotatable bonds is 3. The molecule has 1 amide bonds. The topological polar surface area (TPSA) is 68.5 Å². The maximum atomic E-state index is 12.4. The Morgan fingerprint density at radius 1 is 1.35 bits per heavy atom. The van der Waals surface area contributed by atoms with Gasteiger partial charge in [-0.3, -0.25) is 0 Å². The average molecular weight is 293 g/mol. The number of alkyl carbamates (subject to hydrolysis) is 1. The number of nitrogens with one attached hydrogen (secondary N) is 1. The second kappa shape index (κ2) is 5.56. The highest BCUT2D eigenvalue weighted by atomic mass is 19.4. The highest BCUT2D eigenvalue weighted by molar-refractivity contribution is 5.74. The number of hydrogen-bond acceptors (Lipinski definition) is 4. The molecule has 1 heterocycles. The molecular formula is C12H14F3NO4. The van der Waals surface area contributed by atoms with Crippen molar-refractivity contribution in [3.8, 4) is 0 Å². The summed E-state index contributed by atoms with van der Waals surface area (Å²) in [5.74, 6) is -1.57. The number of amides is 1. The highest BCUT2D eigenvalue weighted by Gasteiger charge is 2.35. The van der Waals surface area contributed by atoms with Gasteiger partial charge in [0.05, 0.1) is 0 Å². The van der Waals surface area contributed by atoms with E-state index in [0.29, 0.717) is 6.07 Å². The normalized spacial score (nSPS) is 13.7. The SMILES string of the molecule is CC(C)(C)OC(=O)NC(C=O)c1ccc(C(F)(F)F)o1. The van der Waals surface area contributed by atoms with E-state index in [1.165, 1.54) is 0 Å². The van der Waals surface area contributed by atoms with Crippen molar-refractivity contribution in [1.82, 2.24) is 5.32 Å². The molecule has 0 saturated carbocycles. The predicted octanol–water partition coefficient (Wildman–Crippen LogP) is 3.06. The van der Waals surface area contributed by atoms with Gasteiger partial charge in [0.15, 0.2) is 0 Å². The zero-order valence-corrected chi connectivity index (χ0v) is 11.1. The van der Waals surface area contributed by atoms with Crippen LogP contribution in [0, 0.1) is 0 Å². The molecule has 1 unspecified atom stereocenters. The second-order valence-corrected chi connectivity index (χ2v) is 4.96. The van der Waals surface area contributed by atoms with Crippen molar-refractivity contribution in [3.05, 3.63) is 23.7 Å². The summed E-state index contributed by atoms with van der Waals surface area (Å²) in [6.07, 6.45) is -5.33. The molecule has 1 atom stereocenters. The Kier molecular flexibility index (Phi) is 4.46. The summed E-state index contributed by atoms with van der Waals surface area (Å²) < 4.78 is 46.5. The van der Waals surface area contributed by atoms with Crippen LogP contribution in [0.5, 0.6) is 0 Å². The lowest BCUT2D eigenvalue weighted by Gasteiger charge is -2.20. The molecule has 0 aromatic carbocycles. The van der Waals surface area contributed by atoms with Crippen LogP contribution in [0.15, 0.2) is 16.5 Å². The minimum absolute atomic E-state index is 0.253. The third-order valence-corrected chi connectivity index (χ3v) is 2.02. The fraction of sp³-hybridized carbons (Fsp3) is 0.500. The van der Waals surface area contributed by atoms with Crippen molar-refractivity contribution < 1.29 is 31.9 Å². The van der Waals surface area contributed by atoms with Crippen molar-refractivity contribution >= 4 is 12.4 Å². The van der Waals surface area contributed by atoms with Gasteiger partial charge in [-0.05, 0) is 32.9 Å². The summed E-state index contributed by atoms with van der Waals surface area (Å²) >= 11 is 0. The predicted molar refractivity (Wildman–Crippen MR) is 61.9 cm³/mol. The lowest BCUT2D eigenvalue weighted by molar-refractivity contribution is -0.153. The molecule has 0 radical (unpaired) electrons. The first-order valence-electron chi connectivity index (χ1n) is 5.64. The van der Waals surface area contributed by atoms with Crippen LogP contribution in [0.4, 0.5) is 18.0 Å². The van der Waals surface area contributed by atoms with Crippen LogP contribution in [0.2, 0.25) is 0 Å². The lowest BCUT2D eigenvalue weighted by atomic mass is 10.2. The number of aldehydes is 1. The zero-order chi connectivity index (χ0) is 15.6. The van der Waals surface area contributed by atoms with Crippen molar-refractivity contribution in [2.45, 2.75) is 38.6 Å². The molecule has 0 spiro atoms. The van der Waals surface area contributed by atoms with Crippen molar-refractivity contribution in [3.63, 3.8) is 0 Å². The number of carbonyl (C=O) groups is 2. The van der Waals surface area contributed by atoms with E-state index in [0.717, 1.165) is 6.07 Å². The van der Waals surface area contributed by atoms with E-state index in [2.05, 4.69) is 9.73 Å². The second-order valence-electron chi connectivity index (χ2n) is 4.96. The molecule has 5 nitrogen and oxygen atoms in total. The molecule has 0 aliphatic heterocycles. The number of furan rings is 1. The number of halogens is 3. The molecule has 1 rings (SSSR count). The number of carbonyl (C=O) groups excluding carboxylic acids is 2. The molecule has 20 heavy (non-hydrogen) atoms. The fourth-order valence-electron chi connectivity index (χ4n) is 1.28. The summed E-state index contributed by atoms with van der Waals surface area (Å²) in [6.45, 7) is 4.82. The van der Waals surface area contributed by atoms with E-state index in [1.807, 2.05) is 0 Å². The number of ether oxygens (including phenoxy) is 1. The molecule has 1 N–H and O–H groups in total. The van der Waals surface area contributed by atoms with E-state index in [-0.39, 0.29) is 12.0 Å². The minimum atomic E-state index is -4.66. The van der Waals surface area contributed by atoms with Crippen LogP contribution in [-0.4, -0.2) is 18.0 Å². The number of hydrogen-bond donors (Lipinski definition) is 1. The molecule has 0 fully saturated rings. The first-order valence-corrected chi connectivity index (χ1v) is 5.64. The molecule has 112 valence electrons. The Labute approximate surface area is 113 Å². The van der Waals surface area contributed by atoms with Crippen LogP contribution in [0.1, 0.15) is 38.3 Å². The van der Waals surface area contributed by atoms with Gasteiger partial charge in [0, 0.05) is 0 Å². The van der Waals surface area contributed by atoms with E-state index in [4.69, 9.17) is 4.74 Å². The molecule has 1 aromatic rings. The summed E-state index contributed by atoms with van der Waals surface area (Å²) in [7, 11) is 0. The largest absolute Gasteiger partial charge is 0.454 e. The van der Waals surface area contributed by atoms with Gasteiger partial charge < -0.3 is 19.3 Å². The summed E-state index contributed by atoms with van der Waals surface area (Å²) in [4.78, 5) is 22.3. The van der Waals surface area contributed by atoms with Gasteiger partial charge in [-0.1, -0.05) is 0 Å². The number of alkyl halides is 3. The van der Waals surface area contributed by atoms with E-state index in [1.54, 1.807) is 20.8 Å². The van der Waals surface area contributed by atoms with E-state index < -0.39 is 29.7 Å². The van der Waals surface area contributed by atoms with Gasteiger partial charge in [0.1, 0.15) is 23.7 Å². The monoisotopic (exact) mass is 293 g/mol. The maximum Gasteiger partial charge on any atom is 0.449 e. The van der Waals surface area contributed by atoms with Gasteiger partial charge in [0.2, 0.25) is 5.76 Å². The summed E-state index contributed by atoms with van der Waals surface area (Å²) in [5, 5.41) is 2.11.